The van der Waals surface area contributed by atoms with Gasteiger partial charge >= 0.3 is 0 Å². The third-order valence-corrected chi connectivity index (χ3v) is 3.83. The van der Waals surface area contributed by atoms with Crippen molar-refractivity contribution in [3.63, 3.8) is 0 Å². The van der Waals surface area contributed by atoms with Gasteiger partial charge in [-0.3, -0.25) is 0 Å². The molecule has 0 aliphatic heterocycles. The number of thiophene rings is 1. The summed E-state index contributed by atoms with van der Waals surface area (Å²) in [6.07, 6.45) is 1.82. The summed E-state index contributed by atoms with van der Waals surface area (Å²) in [5.41, 5.74) is 2.44. The van der Waals surface area contributed by atoms with Crippen molar-refractivity contribution in [2.24, 2.45) is 0 Å². The molecule has 2 aromatic heterocycles. The smallest absolute Gasteiger partial charge is 0.151 e. The van der Waals surface area contributed by atoms with E-state index in [1.807, 2.05) is 42.6 Å². The number of pyridine rings is 1. The molecule has 0 fully saturated rings. The number of nitrogens with zero attached hydrogens (tertiary/aromatic N) is 2. The monoisotopic (exact) mass is 261 g/mol. The fraction of sp³-hybridized carbons (Fsp3) is 0.357. The van der Waals surface area contributed by atoms with Crippen LogP contribution in [0, 0.1) is 13.8 Å². The molecule has 18 heavy (non-hydrogen) atoms. The number of nitrogens with one attached hydrogen (secondary N) is 1. The maximum absolute atomic E-state index is 4.38. The number of hydrogen-bond acceptors (Lipinski definition) is 4. The average Bonchev–Trinajstić information content (AvgIpc) is 2.65. The summed E-state index contributed by atoms with van der Waals surface area (Å²) in [7, 11) is 4.01. The van der Waals surface area contributed by atoms with Gasteiger partial charge in [-0.25, -0.2) is 4.98 Å². The van der Waals surface area contributed by atoms with Crippen molar-refractivity contribution in [3.8, 4) is 0 Å². The van der Waals surface area contributed by atoms with Crippen LogP contribution in [0.15, 0.2) is 24.4 Å². The zero-order chi connectivity index (χ0) is 13.1. The first-order chi connectivity index (χ1) is 8.58. The molecule has 2 rings (SSSR count). The molecular formula is C14H19N3S. The Labute approximate surface area is 112 Å². The lowest BCUT2D eigenvalue weighted by molar-refractivity contribution is 1.05. The van der Waals surface area contributed by atoms with E-state index in [0.29, 0.717) is 0 Å². The van der Waals surface area contributed by atoms with E-state index in [9.17, 15) is 0 Å². The molecule has 4 heteroatoms. The van der Waals surface area contributed by atoms with Crippen molar-refractivity contribution >= 4 is 22.8 Å². The molecule has 1 N–H and O–H groups in total. The second-order valence-electron chi connectivity index (χ2n) is 4.56. The van der Waals surface area contributed by atoms with Gasteiger partial charge < -0.3 is 10.2 Å². The predicted molar refractivity (Wildman–Crippen MR) is 79.7 cm³/mol. The molecule has 96 valence electrons. The highest BCUT2D eigenvalue weighted by Gasteiger charge is 2.07. The molecular weight excluding hydrogens is 242 g/mol. The van der Waals surface area contributed by atoms with E-state index in [-0.39, 0.29) is 0 Å². The van der Waals surface area contributed by atoms with Crippen LogP contribution < -0.4 is 10.2 Å². The Balaban J connectivity index is 2.13. The molecule has 0 saturated carbocycles. The maximum atomic E-state index is 4.38. The Morgan fingerprint density at radius 1 is 1.33 bits per heavy atom. The van der Waals surface area contributed by atoms with Crippen LogP contribution in [0.25, 0.3) is 0 Å². The third kappa shape index (κ3) is 2.82. The Bertz CT molecular complexity index is 532. The van der Waals surface area contributed by atoms with Gasteiger partial charge in [-0.1, -0.05) is 0 Å². The van der Waals surface area contributed by atoms with Gasteiger partial charge in [-0.15, -0.1) is 11.3 Å². The molecule has 0 bridgehead atoms. The molecule has 0 atom stereocenters. The van der Waals surface area contributed by atoms with Crippen LogP contribution in [0.3, 0.4) is 0 Å². The minimum Gasteiger partial charge on any atom is -0.378 e. The van der Waals surface area contributed by atoms with E-state index in [1.54, 1.807) is 0 Å². The summed E-state index contributed by atoms with van der Waals surface area (Å²) >= 11 is 1.85. The SMILES string of the molecule is Cc1cc(CNc2cccnc2N(C)C)c(C)s1. The molecule has 0 aliphatic rings. The second kappa shape index (κ2) is 5.40. The zero-order valence-electron chi connectivity index (χ0n) is 11.3. The molecule has 0 spiro atoms. The standard InChI is InChI=1S/C14H19N3S/c1-10-8-12(11(2)18-10)9-16-13-6-5-7-15-14(13)17(3)4/h5-8,16H,9H2,1-4H3. The number of hydrogen-bond donors (Lipinski definition) is 1. The first-order valence-corrected chi connectivity index (χ1v) is 6.81. The Kier molecular flexibility index (Phi) is 3.87. The van der Waals surface area contributed by atoms with Crippen molar-refractivity contribution in [2.75, 3.05) is 24.3 Å². The molecule has 0 saturated heterocycles. The van der Waals surface area contributed by atoms with Crippen molar-refractivity contribution in [1.29, 1.82) is 0 Å². The summed E-state index contributed by atoms with van der Waals surface area (Å²) in [6.45, 7) is 5.17. The minimum absolute atomic E-state index is 0.850. The highest BCUT2D eigenvalue weighted by molar-refractivity contribution is 7.12. The summed E-state index contributed by atoms with van der Waals surface area (Å²) in [5, 5.41) is 3.47. The van der Waals surface area contributed by atoms with E-state index in [0.717, 1.165) is 18.1 Å². The van der Waals surface area contributed by atoms with Gasteiger partial charge in [-0.05, 0) is 37.6 Å². The quantitative estimate of drug-likeness (QED) is 0.914. The Morgan fingerprint density at radius 3 is 2.72 bits per heavy atom. The molecule has 0 unspecified atom stereocenters. The fourth-order valence-electron chi connectivity index (χ4n) is 1.94. The zero-order valence-corrected chi connectivity index (χ0v) is 12.1. The lowest BCUT2D eigenvalue weighted by Crippen LogP contribution is -2.13. The van der Waals surface area contributed by atoms with Crippen LogP contribution in [-0.2, 0) is 6.54 Å². The third-order valence-electron chi connectivity index (χ3n) is 2.82. The first kappa shape index (κ1) is 12.9. The van der Waals surface area contributed by atoms with Crippen molar-refractivity contribution in [1.82, 2.24) is 4.98 Å². The normalized spacial score (nSPS) is 10.4. The van der Waals surface area contributed by atoms with Gasteiger partial charge in [0.05, 0.1) is 5.69 Å². The molecule has 3 nitrogen and oxygen atoms in total. The lowest BCUT2D eigenvalue weighted by atomic mass is 10.2. The lowest BCUT2D eigenvalue weighted by Gasteiger charge is -2.16. The van der Waals surface area contributed by atoms with Crippen molar-refractivity contribution in [2.45, 2.75) is 20.4 Å². The van der Waals surface area contributed by atoms with E-state index >= 15 is 0 Å². The maximum Gasteiger partial charge on any atom is 0.151 e. The Morgan fingerprint density at radius 2 is 2.11 bits per heavy atom. The van der Waals surface area contributed by atoms with Crippen LogP contribution in [0.2, 0.25) is 0 Å². The summed E-state index contributed by atoms with van der Waals surface area (Å²) in [5.74, 6) is 0.974. The van der Waals surface area contributed by atoms with Crippen molar-refractivity contribution in [3.05, 3.63) is 39.7 Å². The number of rotatable bonds is 4. The van der Waals surface area contributed by atoms with Crippen LogP contribution in [0.5, 0.6) is 0 Å². The Hall–Kier alpha value is -1.55. The molecule has 0 aliphatic carbocycles. The van der Waals surface area contributed by atoms with E-state index in [2.05, 4.69) is 36.3 Å². The molecule has 2 heterocycles. The summed E-state index contributed by atoms with van der Waals surface area (Å²) in [6, 6.07) is 6.27. The number of aromatic nitrogens is 1. The molecule has 0 amide bonds. The van der Waals surface area contributed by atoms with Gasteiger partial charge in [0.2, 0.25) is 0 Å². The largest absolute Gasteiger partial charge is 0.378 e. The highest BCUT2D eigenvalue weighted by Crippen LogP contribution is 2.24. The fourth-order valence-corrected chi connectivity index (χ4v) is 2.89. The van der Waals surface area contributed by atoms with E-state index in [1.165, 1.54) is 15.3 Å². The van der Waals surface area contributed by atoms with Crippen LogP contribution in [0.4, 0.5) is 11.5 Å². The van der Waals surface area contributed by atoms with Crippen molar-refractivity contribution < 1.29 is 0 Å². The predicted octanol–water partition coefficient (Wildman–Crippen LogP) is 3.44. The van der Waals surface area contributed by atoms with Gasteiger partial charge in [0.1, 0.15) is 0 Å². The number of anilines is 2. The van der Waals surface area contributed by atoms with Crippen LogP contribution >= 0.6 is 11.3 Å². The first-order valence-electron chi connectivity index (χ1n) is 6.00. The van der Waals surface area contributed by atoms with E-state index in [4.69, 9.17) is 0 Å². The van der Waals surface area contributed by atoms with E-state index < -0.39 is 0 Å². The van der Waals surface area contributed by atoms with Crippen LogP contribution in [0.1, 0.15) is 15.3 Å². The summed E-state index contributed by atoms with van der Waals surface area (Å²) in [4.78, 5) is 9.15. The van der Waals surface area contributed by atoms with Gasteiger partial charge in [0.15, 0.2) is 5.82 Å². The average molecular weight is 261 g/mol. The topological polar surface area (TPSA) is 28.2 Å². The van der Waals surface area contributed by atoms with Gasteiger partial charge in [0.25, 0.3) is 0 Å². The molecule has 0 aromatic carbocycles. The highest BCUT2D eigenvalue weighted by atomic mass is 32.1. The van der Waals surface area contributed by atoms with Gasteiger partial charge in [-0.2, -0.15) is 0 Å². The number of aryl methyl sites for hydroxylation is 2. The molecule has 0 radical (unpaired) electrons. The van der Waals surface area contributed by atoms with Crippen LogP contribution in [-0.4, -0.2) is 19.1 Å². The summed E-state index contributed by atoms with van der Waals surface area (Å²) < 4.78 is 0. The second-order valence-corrected chi connectivity index (χ2v) is 6.02. The minimum atomic E-state index is 0.850. The molecule has 2 aromatic rings. The van der Waals surface area contributed by atoms with Gasteiger partial charge in [0, 0.05) is 36.6 Å².